The monoisotopic (exact) mass is 1050 g/mol. The van der Waals surface area contributed by atoms with Crippen LogP contribution in [0.3, 0.4) is 0 Å². The molecule has 0 spiro atoms. The van der Waals surface area contributed by atoms with Crippen LogP contribution >= 0.6 is 0 Å². The van der Waals surface area contributed by atoms with Gasteiger partial charge in [-0.05, 0) is 129 Å². The minimum Gasteiger partial charge on any atom is -0.500 e. The summed E-state index contributed by atoms with van der Waals surface area (Å²) < 4.78 is 131. The molecule has 66 heavy (non-hydrogen) atoms. The van der Waals surface area contributed by atoms with E-state index in [1.54, 1.807) is 66.7 Å². The molecule has 0 unspecified atom stereocenters. The zero-order chi connectivity index (χ0) is 57.5. The number of benzene rings is 7. The third-order valence-electron chi connectivity index (χ3n) is 12.1. The number of hydrogen-bond donors (Lipinski definition) is 0. The Morgan fingerprint density at radius 3 is 2.21 bits per heavy atom. The summed E-state index contributed by atoms with van der Waals surface area (Å²) in [5, 5.41) is 5.83. The van der Waals surface area contributed by atoms with Gasteiger partial charge in [0.2, 0.25) is 0 Å². The maximum absolute atomic E-state index is 9.00. The molecule has 0 aliphatic heterocycles. The standard InChI is InChI=1S/C45H36NO.C17H20N.Ir/c1-27-23-33(30-9-4-5-10-30)18-20-35(27)34-19-21-36(28(2)24-34)41-25-42(46-26-29(41)3)40-14-8-13-38-39-22-17-32-16-15-31-11-6-7-12-37(31)43(32)45(39)47-44(38)40;1-13-5-8-15(9-6-13)16-10-7-14(12-18-16)11-17(2,3)4;/h6-8,11-13,15-26,30H,4-5,9-10H2,1-3H3;5-8,10,12H,11H2,1-4H3;/q2*-1;/i1D3,2D3,3D3,30D;1D3,11D2;. The van der Waals surface area contributed by atoms with Crippen LogP contribution in [0, 0.1) is 45.0 Å². The van der Waals surface area contributed by atoms with E-state index in [1.165, 1.54) is 24.5 Å². The maximum atomic E-state index is 9.00. The molecule has 0 atom stereocenters. The van der Waals surface area contributed by atoms with Crippen molar-refractivity contribution in [3.8, 4) is 44.8 Å². The van der Waals surface area contributed by atoms with Crippen LogP contribution in [0.2, 0.25) is 0 Å². The van der Waals surface area contributed by atoms with Gasteiger partial charge in [-0.2, -0.15) is 0 Å². The number of furan rings is 1. The molecule has 10 aromatic rings. The quantitative estimate of drug-likeness (QED) is 0.123. The molecule has 0 bridgehead atoms. The molecule has 1 aliphatic carbocycles. The first-order valence-electron chi connectivity index (χ1n) is 29.4. The van der Waals surface area contributed by atoms with Crippen molar-refractivity contribution in [1.82, 2.24) is 9.97 Å². The van der Waals surface area contributed by atoms with Crippen molar-refractivity contribution in [2.75, 3.05) is 0 Å². The number of fused-ring (bicyclic) bond motifs is 7. The number of rotatable bonds is 6. The summed E-state index contributed by atoms with van der Waals surface area (Å²) in [4.78, 5) is 8.92. The SMILES string of the molecule is [2H]C([2H])([2H])c1c[c-]c(-c2ccc(C([2H])([2H])C(C)(C)C)cn2)cc1.[2H]C([2H])([2H])c1cc(C2([2H])CCCC2)ccc1-c1ccc(-c2cc(-c3[c-]ccc4c3oc3c4ccc4ccc5ccccc5c43)ncc2C([2H])([2H])[2H])c(C([2H])([2H])[2H])c1.[Ir]. The molecule has 1 saturated carbocycles. The summed E-state index contributed by atoms with van der Waals surface area (Å²) in [5.41, 5.74) is 4.96. The van der Waals surface area contributed by atoms with Gasteiger partial charge in [-0.15, -0.1) is 53.6 Å². The van der Waals surface area contributed by atoms with Crippen molar-refractivity contribution in [2.24, 2.45) is 5.41 Å². The molecule has 11 rings (SSSR count). The van der Waals surface area contributed by atoms with E-state index in [-0.39, 0.29) is 53.5 Å². The normalized spacial score (nSPS) is 17.8. The second kappa shape index (κ2) is 18.6. The summed E-state index contributed by atoms with van der Waals surface area (Å²) in [5.74, 6) is -0.872. The fourth-order valence-corrected chi connectivity index (χ4v) is 8.99. The molecule has 7 aromatic carbocycles. The Balaban J connectivity index is 0.000000278. The Morgan fingerprint density at radius 2 is 1.44 bits per heavy atom. The van der Waals surface area contributed by atoms with Gasteiger partial charge in [0.15, 0.2) is 0 Å². The van der Waals surface area contributed by atoms with Crippen molar-refractivity contribution in [1.29, 1.82) is 0 Å². The summed E-state index contributed by atoms with van der Waals surface area (Å²) in [6.07, 6.45) is 4.37. The Labute approximate surface area is 424 Å². The molecule has 3 aromatic heterocycles. The van der Waals surface area contributed by atoms with Crippen LogP contribution in [-0.4, -0.2) is 9.97 Å². The van der Waals surface area contributed by atoms with Gasteiger partial charge in [0.1, 0.15) is 5.58 Å². The number of pyridine rings is 2. The van der Waals surface area contributed by atoms with Gasteiger partial charge in [0.05, 0.1) is 5.58 Å². The largest absolute Gasteiger partial charge is 0.500 e. The molecule has 0 amide bonds. The van der Waals surface area contributed by atoms with Crippen LogP contribution in [0.4, 0.5) is 0 Å². The summed E-state index contributed by atoms with van der Waals surface area (Å²) in [7, 11) is 0. The van der Waals surface area contributed by atoms with E-state index in [4.69, 9.17) is 25.0 Å². The van der Waals surface area contributed by atoms with Crippen LogP contribution in [-0.2, 0) is 26.5 Å². The van der Waals surface area contributed by atoms with E-state index in [1.807, 2.05) is 45.0 Å². The summed E-state index contributed by atoms with van der Waals surface area (Å²) in [6, 6.07) is 45.5. The Morgan fingerprint density at radius 1 is 0.667 bits per heavy atom. The smallest absolute Gasteiger partial charge is 0.129 e. The summed E-state index contributed by atoms with van der Waals surface area (Å²) in [6.45, 7) is -4.51. The molecule has 1 fully saturated rings. The van der Waals surface area contributed by atoms with Crippen molar-refractivity contribution in [3.63, 3.8) is 0 Å². The van der Waals surface area contributed by atoms with Gasteiger partial charge in [-0.1, -0.05) is 155 Å². The van der Waals surface area contributed by atoms with Gasteiger partial charge in [-0.3, -0.25) is 0 Å². The predicted octanol–water partition coefficient (Wildman–Crippen LogP) is 17.1. The van der Waals surface area contributed by atoms with E-state index < -0.39 is 45.1 Å². The van der Waals surface area contributed by atoms with Crippen molar-refractivity contribution in [2.45, 2.75) is 86.1 Å². The van der Waals surface area contributed by atoms with Gasteiger partial charge in [0, 0.05) is 63.8 Å². The summed E-state index contributed by atoms with van der Waals surface area (Å²) >= 11 is 0. The number of nitrogens with zero attached hydrogens (tertiary/aromatic N) is 2. The minimum atomic E-state index is -2.72. The number of hydrogen-bond acceptors (Lipinski definition) is 3. The molecule has 1 aliphatic rings. The van der Waals surface area contributed by atoms with Crippen LogP contribution in [0.15, 0.2) is 150 Å². The topological polar surface area (TPSA) is 38.9 Å². The fourth-order valence-electron chi connectivity index (χ4n) is 8.99. The molecule has 0 saturated heterocycles. The maximum Gasteiger partial charge on any atom is 0.129 e. The fraction of sp³-hybridized carbons (Fsp3) is 0.226. The molecule has 3 nitrogen and oxygen atoms in total. The molecule has 0 N–H and O–H groups in total. The minimum absolute atomic E-state index is 0. The van der Waals surface area contributed by atoms with E-state index in [2.05, 4.69) is 52.4 Å². The van der Waals surface area contributed by atoms with Crippen molar-refractivity contribution in [3.05, 3.63) is 191 Å². The molecular formula is C62H56IrN2O-2. The van der Waals surface area contributed by atoms with Gasteiger partial charge in [0.25, 0.3) is 0 Å². The Kier molecular flexibility index (Phi) is 8.50. The second-order valence-corrected chi connectivity index (χ2v) is 17.8. The van der Waals surface area contributed by atoms with E-state index in [9.17, 15) is 0 Å². The third-order valence-corrected chi connectivity index (χ3v) is 12.1. The van der Waals surface area contributed by atoms with Crippen LogP contribution in [0.5, 0.6) is 0 Å². The molecule has 331 valence electrons. The zero-order valence-corrected chi connectivity index (χ0v) is 39.2. The third kappa shape index (κ3) is 9.02. The van der Waals surface area contributed by atoms with Crippen molar-refractivity contribution < 1.29 is 45.1 Å². The van der Waals surface area contributed by atoms with E-state index in [0.29, 0.717) is 68.8 Å². The number of aromatic nitrogens is 2. The van der Waals surface area contributed by atoms with Crippen LogP contribution in [0.25, 0.3) is 88.3 Å². The van der Waals surface area contributed by atoms with Crippen LogP contribution in [0.1, 0.15) is 106 Å². The molecule has 3 heterocycles. The number of aryl methyl sites for hydroxylation is 4. The van der Waals surface area contributed by atoms with Gasteiger partial charge < -0.3 is 14.4 Å². The average molecular weight is 1050 g/mol. The van der Waals surface area contributed by atoms with Crippen molar-refractivity contribution >= 4 is 43.5 Å². The first kappa shape index (κ1) is 30.2. The molecule has 4 heteroatoms. The van der Waals surface area contributed by atoms with Gasteiger partial charge in [-0.25, -0.2) is 0 Å². The molecule has 1 radical (unpaired) electrons. The Hall–Kier alpha value is -6.19. The van der Waals surface area contributed by atoms with Gasteiger partial charge >= 0.3 is 0 Å². The predicted molar refractivity (Wildman–Crippen MR) is 273 cm³/mol. The van der Waals surface area contributed by atoms with E-state index in [0.717, 1.165) is 45.2 Å². The average Bonchev–Trinajstić information content (AvgIpc) is 4.19. The zero-order valence-electron chi connectivity index (χ0n) is 51.8. The molecular weight excluding hydrogens is 981 g/mol. The Bertz CT molecular complexity index is 3980. The first-order chi connectivity index (χ1) is 37.4. The first-order valence-corrected chi connectivity index (χ1v) is 21.9. The van der Waals surface area contributed by atoms with E-state index >= 15 is 0 Å². The second-order valence-electron chi connectivity index (χ2n) is 17.8. The van der Waals surface area contributed by atoms with Crippen LogP contribution < -0.4 is 0 Å².